The Morgan fingerprint density at radius 3 is 2.55 bits per heavy atom. The first-order valence-corrected chi connectivity index (χ1v) is 6.66. The van der Waals surface area contributed by atoms with Gasteiger partial charge in [0.05, 0.1) is 6.61 Å². The third-order valence-electron chi connectivity index (χ3n) is 2.74. The topological polar surface area (TPSA) is 51.2 Å². The van der Waals surface area contributed by atoms with Crippen molar-refractivity contribution in [2.24, 2.45) is 0 Å². The number of carbonyl (C=O) groups is 1. The van der Waals surface area contributed by atoms with E-state index in [9.17, 15) is 4.79 Å². The lowest BCUT2D eigenvalue weighted by molar-refractivity contribution is 0.102. The number of anilines is 1. The maximum absolute atomic E-state index is 12.0. The van der Waals surface area contributed by atoms with Crippen molar-refractivity contribution in [3.8, 4) is 5.75 Å². The van der Waals surface area contributed by atoms with Crippen LogP contribution >= 0.6 is 0 Å². The number of nitrogens with one attached hydrogen (secondary N) is 1. The van der Waals surface area contributed by atoms with Crippen LogP contribution in [0.15, 0.2) is 42.6 Å². The van der Waals surface area contributed by atoms with Crippen molar-refractivity contribution in [2.75, 3.05) is 11.9 Å². The third kappa shape index (κ3) is 3.82. The van der Waals surface area contributed by atoms with Gasteiger partial charge in [0.1, 0.15) is 11.6 Å². The Kier molecular flexibility index (Phi) is 4.71. The van der Waals surface area contributed by atoms with Gasteiger partial charge in [-0.25, -0.2) is 4.98 Å². The van der Waals surface area contributed by atoms with E-state index < -0.39 is 0 Å². The number of aryl methyl sites for hydroxylation is 1. The molecule has 20 heavy (non-hydrogen) atoms. The fourth-order valence-electron chi connectivity index (χ4n) is 1.65. The number of hydrogen-bond donors (Lipinski definition) is 1. The first-order chi connectivity index (χ1) is 9.69. The van der Waals surface area contributed by atoms with Crippen LogP contribution in [0.3, 0.4) is 0 Å². The minimum absolute atomic E-state index is 0.177. The standard InChI is InChI=1S/C16H18N2O2/c1-3-10-20-14-7-5-13(6-8-14)16(19)18-15-9-4-12(2)11-17-15/h4-9,11H,3,10H2,1-2H3,(H,17,18,19). The number of amides is 1. The van der Waals surface area contributed by atoms with E-state index in [1.807, 2.05) is 13.0 Å². The summed E-state index contributed by atoms with van der Waals surface area (Å²) in [7, 11) is 0. The summed E-state index contributed by atoms with van der Waals surface area (Å²) in [6.45, 7) is 4.68. The number of pyridine rings is 1. The van der Waals surface area contributed by atoms with Crippen LogP contribution in [0.25, 0.3) is 0 Å². The molecule has 2 aromatic rings. The summed E-state index contributed by atoms with van der Waals surface area (Å²) in [6.07, 6.45) is 2.68. The molecule has 0 bridgehead atoms. The molecular weight excluding hydrogens is 252 g/mol. The SMILES string of the molecule is CCCOc1ccc(C(=O)Nc2ccc(C)cn2)cc1. The van der Waals surface area contributed by atoms with Crippen LogP contribution in [-0.2, 0) is 0 Å². The fourth-order valence-corrected chi connectivity index (χ4v) is 1.65. The van der Waals surface area contributed by atoms with E-state index in [-0.39, 0.29) is 5.91 Å². The summed E-state index contributed by atoms with van der Waals surface area (Å²) in [5, 5.41) is 2.76. The van der Waals surface area contributed by atoms with E-state index in [0.29, 0.717) is 18.0 Å². The van der Waals surface area contributed by atoms with Crippen LogP contribution in [-0.4, -0.2) is 17.5 Å². The van der Waals surface area contributed by atoms with Gasteiger partial charge in [-0.3, -0.25) is 4.79 Å². The molecule has 4 heteroatoms. The molecule has 0 unspecified atom stereocenters. The predicted molar refractivity (Wildman–Crippen MR) is 79.2 cm³/mol. The van der Waals surface area contributed by atoms with Gasteiger partial charge in [-0.05, 0) is 49.2 Å². The highest BCUT2D eigenvalue weighted by molar-refractivity contribution is 6.03. The summed E-state index contributed by atoms with van der Waals surface area (Å²) in [5.74, 6) is 1.15. The van der Waals surface area contributed by atoms with E-state index >= 15 is 0 Å². The molecule has 1 aromatic heterocycles. The Labute approximate surface area is 118 Å². The van der Waals surface area contributed by atoms with Gasteiger partial charge in [-0.15, -0.1) is 0 Å². The first kappa shape index (κ1) is 14.1. The quantitative estimate of drug-likeness (QED) is 0.905. The smallest absolute Gasteiger partial charge is 0.256 e. The Hall–Kier alpha value is -2.36. The molecule has 0 spiro atoms. The van der Waals surface area contributed by atoms with Gasteiger partial charge < -0.3 is 10.1 Å². The normalized spacial score (nSPS) is 10.1. The van der Waals surface area contributed by atoms with Crippen LogP contribution in [0.4, 0.5) is 5.82 Å². The molecule has 0 radical (unpaired) electrons. The summed E-state index contributed by atoms with van der Waals surface area (Å²) in [6, 6.07) is 10.8. The number of ether oxygens (including phenoxy) is 1. The lowest BCUT2D eigenvalue weighted by Crippen LogP contribution is -2.12. The lowest BCUT2D eigenvalue weighted by Gasteiger charge is -2.07. The summed E-state index contributed by atoms with van der Waals surface area (Å²) in [4.78, 5) is 16.2. The molecule has 1 amide bonds. The minimum atomic E-state index is -0.177. The zero-order chi connectivity index (χ0) is 14.4. The summed E-state index contributed by atoms with van der Waals surface area (Å²) < 4.78 is 5.48. The van der Waals surface area contributed by atoms with Crippen molar-refractivity contribution >= 4 is 11.7 Å². The predicted octanol–water partition coefficient (Wildman–Crippen LogP) is 3.43. The maximum atomic E-state index is 12.0. The molecule has 4 nitrogen and oxygen atoms in total. The molecule has 0 saturated carbocycles. The first-order valence-electron chi connectivity index (χ1n) is 6.66. The molecule has 0 aliphatic heterocycles. The molecule has 0 fully saturated rings. The number of rotatable bonds is 5. The van der Waals surface area contributed by atoms with Crippen molar-refractivity contribution in [1.29, 1.82) is 0 Å². The van der Waals surface area contributed by atoms with Crippen LogP contribution in [0, 0.1) is 6.92 Å². The summed E-state index contributed by atoms with van der Waals surface area (Å²) in [5.41, 5.74) is 1.64. The number of aromatic nitrogens is 1. The van der Waals surface area contributed by atoms with E-state index in [4.69, 9.17) is 4.74 Å². The van der Waals surface area contributed by atoms with Gasteiger partial charge in [0.15, 0.2) is 0 Å². The van der Waals surface area contributed by atoms with Crippen molar-refractivity contribution < 1.29 is 9.53 Å². The highest BCUT2D eigenvalue weighted by Crippen LogP contribution is 2.14. The van der Waals surface area contributed by atoms with Gasteiger partial charge in [0.2, 0.25) is 0 Å². The monoisotopic (exact) mass is 270 g/mol. The van der Waals surface area contributed by atoms with Crippen molar-refractivity contribution in [3.05, 3.63) is 53.7 Å². The Morgan fingerprint density at radius 2 is 1.95 bits per heavy atom. The molecular formula is C16H18N2O2. The van der Waals surface area contributed by atoms with Gasteiger partial charge >= 0.3 is 0 Å². The second-order valence-corrected chi connectivity index (χ2v) is 4.55. The molecule has 0 aliphatic carbocycles. The molecule has 1 aromatic carbocycles. The molecule has 1 heterocycles. The molecule has 104 valence electrons. The maximum Gasteiger partial charge on any atom is 0.256 e. The Morgan fingerprint density at radius 1 is 1.20 bits per heavy atom. The fraction of sp³-hybridized carbons (Fsp3) is 0.250. The largest absolute Gasteiger partial charge is 0.494 e. The van der Waals surface area contributed by atoms with E-state index in [1.54, 1.807) is 36.5 Å². The van der Waals surface area contributed by atoms with Gasteiger partial charge in [-0.1, -0.05) is 13.0 Å². The molecule has 0 aliphatic rings. The Balaban J connectivity index is 2.00. The van der Waals surface area contributed by atoms with Crippen LogP contribution < -0.4 is 10.1 Å². The average Bonchev–Trinajstić information content (AvgIpc) is 2.48. The number of carbonyl (C=O) groups excluding carboxylic acids is 1. The summed E-state index contributed by atoms with van der Waals surface area (Å²) >= 11 is 0. The van der Waals surface area contributed by atoms with E-state index in [2.05, 4.69) is 17.2 Å². The number of benzene rings is 1. The number of hydrogen-bond acceptors (Lipinski definition) is 3. The second-order valence-electron chi connectivity index (χ2n) is 4.55. The van der Waals surface area contributed by atoms with Crippen molar-refractivity contribution in [3.63, 3.8) is 0 Å². The van der Waals surface area contributed by atoms with E-state index in [0.717, 1.165) is 17.7 Å². The molecule has 0 atom stereocenters. The van der Waals surface area contributed by atoms with Crippen molar-refractivity contribution in [2.45, 2.75) is 20.3 Å². The minimum Gasteiger partial charge on any atom is -0.494 e. The van der Waals surface area contributed by atoms with E-state index in [1.165, 1.54) is 0 Å². The van der Waals surface area contributed by atoms with Crippen LogP contribution in [0.5, 0.6) is 5.75 Å². The molecule has 0 saturated heterocycles. The zero-order valence-corrected chi connectivity index (χ0v) is 11.7. The molecule has 2 rings (SSSR count). The highest BCUT2D eigenvalue weighted by atomic mass is 16.5. The molecule has 1 N–H and O–H groups in total. The van der Waals surface area contributed by atoms with Crippen LogP contribution in [0.1, 0.15) is 29.3 Å². The Bertz CT molecular complexity index is 562. The highest BCUT2D eigenvalue weighted by Gasteiger charge is 2.06. The average molecular weight is 270 g/mol. The van der Waals surface area contributed by atoms with Crippen LogP contribution in [0.2, 0.25) is 0 Å². The van der Waals surface area contributed by atoms with Gasteiger partial charge in [0.25, 0.3) is 5.91 Å². The zero-order valence-electron chi connectivity index (χ0n) is 11.7. The van der Waals surface area contributed by atoms with Gasteiger partial charge in [0, 0.05) is 11.8 Å². The second kappa shape index (κ2) is 6.70. The van der Waals surface area contributed by atoms with Gasteiger partial charge in [-0.2, -0.15) is 0 Å². The third-order valence-corrected chi connectivity index (χ3v) is 2.74. The number of nitrogens with zero attached hydrogens (tertiary/aromatic N) is 1. The lowest BCUT2D eigenvalue weighted by atomic mass is 10.2. The van der Waals surface area contributed by atoms with Crippen molar-refractivity contribution in [1.82, 2.24) is 4.98 Å².